The van der Waals surface area contributed by atoms with E-state index in [0.29, 0.717) is 5.92 Å². The van der Waals surface area contributed by atoms with Gasteiger partial charge in [-0.2, -0.15) is 0 Å². The summed E-state index contributed by atoms with van der Waals surface area (Å²) in [5.74, 6) is 2.64. The van der Waals surface area contributed by atoms with Gasteiger partial charge in [0.15, 0.2) is 0 Å². The first kappa shape index (κ1) is 22.4. The molecule has 1 unspecified atom stereocenters. The third-order valence-corrected chi connectivity index (χ3v) is 7.56. The molecule has 31 heavy (non-hydrogen) atoms. The van der Waals surface area contributed by atoms with Crippen LogP contribution >= 0.6 is 11.3 Å². The second-order valence-corrected chi connectivity index (χ2v) is 9.95. The van der Waals surface area contributed by atoms with Crippen molar-refractivity contribution in [1.29, 1.82) is 0 Å². The molecule has 7 nitrogen and oxygen atoms in total. The minimum Gasteiger partial charge on any atom is -0.363 e. The van der Waals surface area contributed by atoms with Crippen LogP contribution in [0.1, 0.15) is 63.8 Å². The maximum absolute atomic E-state index is 11.2. The number of nitrogens with zero attached hydrogens (tertiary/aromatic N) is 4. The molecule has 2 fully saturated rings. The SMILES string of the molecule is CCOC(C1CCN(c2nc(C)nc3sc(NC=O)c(C(C)C)c23)CC1)N1CCCC1. The number of aromatic nitrogens is 2. The molecular formula is C23H35N5O2S. The lowest BCUT2D eigenvalue weighted by Gasteiger charge is -2.40. The molecule has 1 amide bonds. The summed E-state index contributed by atoms with van der Waals surface area (Å²) >= 11 is 1.55. The molecule has 0 aliphatic carbocycles. The van der Waals surface area contributed by atoms with Crippen molar-refractivity contribution >= 4 is 38.8 Å². The molecule has 2 saturated heterocycles. The van der Waals surface area contributed by atoms with Crippen molar-refractivity contribution in [1.82, 2.24) is 14.9 Å². The predicted molar refractivity (Wildman–Crippen MR) is 127 cm³/mol. The van der Waals surface area contributed by atoms with Crippen molar-refractivity contribution in [3.8, 4) is 0 Å². The van der Waals surface area contributed by atoms with Gasteiger partial charge in [-0.25, -0.2) is 9.97 Å². The van der Waals surface area contributed by atoms with E-state index in [9.17, 15) is 4.79 Å². The molecule has 4 heterocycles. The van der Waals surface area contributed by atoms with E-state index in [0.717, 1.165) is 84.5 Å². The van der Waals surface area contributed by atoms with Crippen LogP contribution in [0.3, 0.4) is 0 Å². The summed E-state index contributed by atoms with van der Waals surface area (Å²) < 4.78 is 6.22. The molecule has 170 valence electrons. The van der Waals surface area contributed by atoms with Gasteiger partial charge in [-0.3, -0.25) is 9.69 Å². The zero-order valence-electron chi connectivity index (χ0n) is 19.2. The van der Waals surface area contributed by atoms with Crippen molar-refractivity contribution < 1.29 is 9.53 Å². The van der Waals surface area contributed by atoms with Crippen LogP contribution in [0, 0.1) is 12.8 Å². The van der Waals surface area contributed by atoms with Crippen LogP contribution in [0.2, 0.25) is 0 Å². The highest BCUT2D eigenvalue weighted by Gasteiger charge is 2.34. The number of rotatable bonds is 8. The summed E-state index contributed by atoms with van der Waals surface area (Å²) in [6, 6.07) is 0. The first-order valence-electron chi connectivity index (χ1n) is 11.6. The standard InChI is InChI=1S/C23H35N5O2S/c1-5-30-23(28-10-6-7-11-28)17-8-12-27(13-9-17)20-19-18(15(2)3)21(24-14-29)31-22(19)26-16(4)25-20/h14-15,17,23H,5-13H2,1-4H3,(H,24,29). The maximum Gasteiger partial charge on any atom is 0.212 e. The Hall–Kier alpha value is -1.77. The fraction of sp³-hybridized carbons (Fsp3) is 0.696. The van der Waals surface area contributed by atoms with Gasteiger partial charge in [-0.15, -0.1) is 0 Å². The van der Waals surface area contributed by atoms with Crippen molar-refractivity contribution in [2.24, 2.45) is 5.92 Å². The largest absolute Gasteiger partial charge is 0.363 e. The summed E-state index contributed by atoms with van der Waals surface area (Å²) in [6.45, 7) is 13.4. The van der Waals surface area contributed by atoms with E-state index < -0.39 is 0 Å². The number of carbonyl (C=O) groups excluding carboxylic acids is 1. The van der Waals surface area contributed by atoms with Gasteiger partial charge in [0.2, 0.25) is 6.41 Å². The van der Waals surface area contributed by atoms with E-state index >= 15 is 0 Å². The molecule has 0 aromatic carbocycles. The Labute approximate surface area is 189 Å². The first-order valence-corrected chi connectivity index (χ1v) is 12.5. The van der Waals surface area contributed by atoms with Crippen LogP contribution < -0.4 is 10.2 Å². The number of anilines is 2. The van der Waals surface area contributed by atoms with E-state index in [2.05, 4.69) is 35.9 Å². The molecule has 2 aliphatic rings. The lowest BCUT2D eigenvalue weighted by molar-refractivity contribution is -0.105. The summed E-state index contributed by atoms with van der Waals surface area (Å²) in [6.07, 6.45) is 5.78. The molecule has 1 N–H and O–H groups in total. The average molecular weight is 446 g/mol. The number of likely N-dealkylation sites (tertiary alicyclic amines) is 1. The Bertz CT molecular complexity index is 901. The van der Waals surface area contributed by atoms with Gasteiger partial charge in [0.25, 0.3) is 0 Å². The number of nitrogens with one attached hydrogen (secondary N) is 1. The van der Waals surface area contributed by atoms with Crippen LogP contribution in [0.4, 0.5) is 10.8 Å². The Morgan fingerprint density at radius 3 is 2.52 bits per heavy atom. The number of carbonyl (C=O) groups is 1. The van der Waals surface area contributed by atoms with Crippen LogP contribution in [-0.2, 0) is 9.53 Å². The van der Waals surface area contributed by atoms with Crippen LogP contribution in [0.25, 0.3) is 10.2 Å². The molecule has 0 bridgehead atoms. The molecule has 8 heteroatoms. The van der Waals surface area contributed by atoms with Crippen molar-refractivity contribution in [3.63, 3.8) is 0 Å². The zero-order chi connectivity index (χ0) is 22.0. The number of thiophene rings is 1. The van der Waals surface area contributed by atoms with Gasteiger partial charge < -0.3 is 15.0 Å². The molecule has 0 radical (unpaired) electrons. The molecule has 4 rings (SSSR count). The van der Waals surface area contributed by atoms with E-state index in [1.165, 1.54) is 12.8 Å². The van der Waals surface area contributed by atoms with Crippen LogP contribution in [0.15, 0.2) is 0 Å². The van der Waals surface area contributed by atoms with E-state index in [4.69, 9.17) is 14.7 Å². The number of aryl methyl sites for hydroxylation is 1. The van der Waals surface area contributed by atoms with Crippen LogP contribution in [-0.4, -0.2) is 60.3 Å². The summed E-state index contributed by atoms with van der Waals surface area (Å²) in [5.41, 5.74) is 1.15. The summed E-state index contributed by atoms with van der Waals surface area (Å²) in [7, 11) is 0. The number of ether oxygens (including phenoxy) is 1. The monoisotopic (exact) mass is 445 g/mol. The van der Waals surface area contributed by atoms with Crippen molar-refractivity contribution in [3.05, 3.63) is 11.4 Å². The topological polar surface area (TPSA) is 70.6 Å². The van der Waals surface area contributed by atoms with Crippen LogP contribution in [0.5, 0.6) is 0 Å². The molecule has 2 aromatic heterocycles. The Balaban J connectivity index is 1.60. The summed E-state index contributed by atoms with van der Waals surface area (Å²) in [4.78, 5) is 26.7. The maximum atomic E-state index is 11.2. The number of amides is 1. The van der Waals surface area contributed by atoms with E-state index in [-0.39, 0.29) is 12.1 Å². The van der Waals surface area contributed by atoms with Gasteiger partial charge in [0.05, 0.1) is 5.39 Å². The van der Waals surface area contributed by atoms with E-state index in [1.807, 2.05) is 6.92 Å². The number of hydrogen-bond donors (Lipinski definition) is 1. The molecular weight excluding hydrogens is 410 g/mol. The van der Waals surface area contributed by atoms with Gasteiger partial charge >= 0.3 is 0 Å². The normalized spacial score (nSPS) is 19.5. The lowest BCUT2D eigenvalue weighted by atomic mass is 9.93. The third kappa shape index (κ3) is 4.56. The fourth-order valence-electron chi connectivity index (χ4n) is 5.15. The summed E-state index contributed by atoms with van der Waals surface area (Å²) in [5, 5.41) is 4.89. The molecule has 1 atom stereocenters. The minimum absolute atomic E-state index is 0.248. The highest BCUT2D eigenvalue weighted by Crippen LogP contribution is 2.43. The van der Waals surface area contributed by atoms with Gasteiger partial charge in [-0.1, -0.05) is 25.2 Å². The average Bonchev–Trinajstić information content (AvgIpc) is 3.39. The Morgan fingerprint density at radius 2 is 1.90 bits per heavy atom. The van der Waals surface area contributed by atoms with Gasteiger partial charge in [-0.05, 0) is 45.4 Å². The minimum atomic E-state index is 0.248. The highest BCUT2D eigenvalue weighted by molar-refractivity contribution is 7.22. The predicted octanol–water partition coefficient (Wildman–Crippen LogP) is 4.37. The van der Waals surface area contributed by atoms with E-state index in [1.54, 1.807) is 11.3 Å². The smallest absolute Gasteiger partial charge is 0.212 e. The quantitative estimate of drug-likeness (QED) is 0.609. The first-order chi connectivity index (χ1) is 15.0. The zero-order valence-corrected chi connectivity index (χ0v) is 20.0. The Morgan fingerprint density at radius 1 is 1.19 bits per heavy atom. The second-order valence-electron chi connectivity index (χ2n) is 8.95. The van der Waals surface area contributed by atoms with Crippen molar-refractivity contribution in [2.75, 3.05) is 43.0 Å². The Kier molecular flexibility index (Phi) is 7.08. The van der Waals surface area contributed by atoms with Gasteiger partial charge in [0, 0.05) is 44.3 Å². The fourth-order valence-corrected chi connectivity index (χ4v) is 6.38. The molecule has 0 spiro atoms. The second kappa shape index (κ2) is 9.79. The van der Waals surface area contributed by atoms with Gasteiger partial charge in [0.1, 0.15) is 27.7 Å². The molecule has 2 aromatic rings. The number of fused-ring (bicyclic) bond motifs is 1. The lowest BCUT2D eigenvalue weighted by Crippen LogP contribution is -2.46. The molecule has 2 aliphatic heterocycles. The number of piperidine rings is 1. The highest BCUT2D eigenvalue weighted by atomic mass is 32.1. The van der Waals surface area contributed by atoms with Crippen molar-refractivity contribution in [2.45, 2.75) is 65.5 Å². The molecule has 0 saturated carbocycles. The number of hydrogen-bond acceptors (Lipinski definition) is 7. The third-order valence-electron chi connectivity index (χ3n) is 6.53.